The van der Waals surface area contributed by atoms with E-state index in [-0.39, 0.29) is 11.8 Å². The van der Waals surface area contributed by atoms with Crippen LogP contribution >= 0.6 is 15.9 Å². The Kier molecular flexibility index (Phi) is 5.39. The van der Waals surface area contributed by atoms with Gasteiger partial charge < -0.3 is 9.64 Å². The zero-order valence-corrected chi connectivity index (χ0v) is 17.6. The number of carbonyl (C=O) groups is 1. The number of ether oxygens (including phenoxy) is 1. The predicted molar refractivity (Wildman–Crippen MR) is 108 cm³/mol. The second-order valence-corrected chi connectivity index (χ2v) is 8.99. The molecule has 27 heavy (non-hydrogen) atoms. The molecule has 1 aliphatic carbocycles. The first kappa shape index (κ1) is 18.7. The lowest BCUT2D eigenvalue weighted by molar-refractivity contribution is -0.136. The van der Waals surface area contributed by atoms with Crippen molar-refractivity contribution in [1.82, 2.24) is 19.9 Å². The Bertz CT molecular complexity index is 823. The van der Waals surface area contributed by atoms with Crippen molar-refractivity contribution in [3.05, 3.63) is 16.6 Å². The molecule has 146 valence electrons. The number of amides is 1. The van der Waals surface area contributed by atoms with E-state index in [2.05, 4.69) is 32.3 Å². The summed E-state index contributed by atoms with van der Waals surface area (Å²) >= 11 is 3.65. The van der Waals surface area contributed by atoms with E-state index >= 15 is 0 Å². The average molecular weight is 435 g/mol. The van der Waals surface area contributed by atoms with Crippen LogP contribution in [-0.2, 0) is 11.3 Å². The fourth-order valence-corrected chi connectivity index (χ4v) is 4.20. The number of aromatic nitrogens is 3. The van der Waals surface area contributed by atoms with Gasteiger partial charge in [-0.3, -0.25) is 4.79 Å². The minimum Gasteiger partial charge on any atom is -0.492 e. The van der Waals surface area contributed by atoms with E-state index in [0.717, 1.165) is 59.6 Å². The van der Waals surface area contributed by atoms with E-state index in [4.69, 9.17) is 4.74 Å². The summed E-state index contributed by atoms with van der Waals surface area (Å²) in [5.74, 6) is 2.40. The van der Waals surface area contributed by atoms with Gasteiger partial charge >= 0.3 is 0 Å². The highest BCUT2D eigenvalue weighted by molar-refractivity contribution is 9.10. The summed E-state index contributed by atoms with van der Waals surface area (Å²) in [5, 5.41) is 8.65. The van der Waals surface area contributed by atoms with Gasteiger partial charge in [0.1, 0.15) is 11.3 Å². The first-order valence-electron chi connectivity index (χ1n) is 9.96. The molecule has 2 aliphatic rings. The smallest absolute Gasteiger partial charge is 0.225 e. The fourth-order valence-electron chi connectivity index (χ4n) is 3.67. The standard InChI is InChI=1S/C20H27BrN4O2/c1-13(2)20(26)24-9-7-15(8-10-24)12-27-17-6-5-16-19(18(17)21)22-23-25(16)11-14-3-4-14/h5-6,13-15H,3-4,7-12H2,1-2H3. The van der Waals surface area contributed by atoms with Gasteiger partial charge in [0.05, 0.1) is 16.6 Å². The minimum absolute atomic E-state index is 0.0776. The summed E-state index contributed by atoms with van der Waals surface area (Å²) < 4.78 is 8.99. The molecule has 1 aromatic heterocycles. The Morgan fingerprint density at radius 3 is 2.63 bits per heavy atom. The molecule has 1 aromatic carbocycles. The molecule has 0 N–H and O–H groups in total. The summed E-state index contributed by atoms with van der Waals surface area (Å²) in [4.78, 5) is 14.1. The van der Waals surface area contributed by atoms with Crippen LogP contribution in [0.15, 0.2) is 16.6 Å². The molecule has 2 aromatic rings. The van der Waals surface area contributed by atoms with Crippen molar-refractivity contribution < 1.29 is 9.53 Å². The van der Waals surface area contributed by atoms with Crippen LogP contribution < -0.4 is 4.74 Å². The molecule has 2 fully saturated rings. The Balaban J connectivity index is 1.35. The van der Waals surface area contributed by atoms with Crippen LogP contribution in [0.25, 0.3) is 11.0 Å². The van der Waals surface area contributed by atoms with Gasteiger partial charge in [-0.2, -0.15) is 0 Å². The second kappa shape index (κ2) is 7.78. The van der Waals surface area contributed by atoms with E-state index in [1.54, 1.807) is 0 Å². The van der Waals surface area contributed by atoms with E-state index < -0.39 is 0 Å². The molecule has 0 bridgehead atoms. The molecule has 0 radical (unpaired) electrons. The van der Waals surface area contributed by atoms with Crippen molar-refractivity contribution >= 4 is 32.9 Å². The molecule has 1 saturated carbocycles. The Labute approximate surface area is 168 Å². The van der Waals surface area contributed by atoms with Crippen LogP contribution in [0.2, 0.25) is 0 Å². The lowest BCUT2D eigenvalue weighted by atomic mass is 9.97. The molecule has 2 heterocycles. The summed E-state index contributed by atoms with van der Waals surface area (Å²) in [7, 11) is 0. The van der Waals surface area contributed by atoms with Gasteiger partial charge in [0.2, 0.25) is 5.91 Å². The molecule has 7 heteroatoms. The molecular formula is C20H27BrN4O2. The summed E-state index contributed by atoms with van der Waals surface area (Å²) in [5.41, 5.74) is 1.92. The molecule has 1 saturated heterocycles. The van der Waals surface area contributed by atoms with Crippen molar-refractivity contribution in [2.75, 3.05) is 19.7 Å². The third kappa shape index (κ3) is 4.13. The normalized spacial score (nSPS) is 18.4. The lowest BCUT2D eigenvalue weighted by Crippen LogP contribution is -2.41. The summed E-state index contributed by atoms with van der Waals surface area (Å²) in [6.45, 7) is 7.22. The van der Waals surface area contributed by atoms with Crippen LogP contribution in [0, 0.1) is 17.8 Å². The van der Waals surface area contributed by atoms with Crippen molar-refractivity contribution in [3.8, 4) is 5.75 Å². The number of piperidine rings is 1. The van der Waals surface area contributed by atoms with Gasteiger partial charge in [-0.1, -0.05) is 19.1 Å². The minimum atomic E-state index is 0.0776. The third-order valence-corrected chi connectivity index (χ3v) is 6.38. The number of rotatable bonds is 6. The van der Waals surface area contributed by atoms with Crippen LogP contribution in [0.4, 0.5) is 0 Å². The van der Waals surface area contributed by atoms with Gasteiger partial charge in [-0.25, -0.2) is 4.68 Å². The van der Waals surface area contributed by atoms with E-state index in [1.165, 1.54) is 12.8 Å². The number of halogens is 1. The van der Waals surface area contributed by atoms with Gasteiger partial charge in [-0.05, 0) is 65.6 Å². The van der Waals surface area contributed by atoms with E-state index in [0.29, 0.717) is 12.5 Å². The van der Waals surface area contributed by atoms with Crippen molar-refractivity contribution in [2.45, 2.75) is 46.1 Å². The quantitative estimate of drug-likeness (QED) is 0.691. The first-order chi connectivity index (χ1) is 13.0. The molecular weight excluding hydrogens is 408 g/mol. The molecule has 1 aliphatic heterocycles. The number of nitrogens with zero attached hydrogens (tertiary/aromatic N) is 4. The number of fused-ring (bicyclic) bond motifs is 1. The zero-order valence-electron chi connectivity index (χ0n) is 16.0. The summed E-state index contributed by atoms with van der Waals surface area (Å²) in [6.07, 6.45) is 4.59. The molecule has 6 nitrogen and oxygen atoms in total. The van der Waals surface area contributed by atoms with Crippen molar-refractivity contribution in [1.29, 1.82) is 0 Å². The van der Waals surface area contributed by atoms with Gasteiger partial charge in [0.15, 0.2) is 0 Å². The molecule has 4 rings (SSSR count). The summed E-state index contributed by atoms with van der Waals surface area (Å²) in [6, 6.07) is 4.07. The number of hydrogen-bond donors (Lipinski definition) is 0. The Morgan fingerprint density at radius 2 is 1.96 bits per heavy atom. The van der Waals surface area contributed by atoms with E-state index in [1.807, 2.05) is 29.5 Å². The van der Waals surface area contributed by atoms with Gasteiger partial charge in [-0.15, -0.1) is 5.10 Å². The number of benzene rings is 1. The molecule has 0 atom stereocenters. The van der Waals surface area contributed by atoms with Crippen LogP contribution in [-0.4, -0.2) is 45.5 Å². The largest absolute Gasteiger partial charge is 0.492 e. The highest BCUT2D eigenvalue weighted by Crippen LogP contribution is 2.35. The number of hydrogen-bond acceptors (Lipinski definition) is 4. The Hall–Kier alpha value is -1.63. The van der Waals surface area contributed by atoms with Crippen molar-refractivity contribution in [3.63, 3.8) is 0 Å². The topological polar surface area (TPSA) is 60.3 Å². The van der Waals surface area contributed by atoms with Crippen LogP contribution in [0.3, 0.4) is 0 Å². The maximum Gasteiger partial charge on any atom is 0.225 e. The molecule has 0 unspecified atom stereocenters. The lowest BCUT2D eigenvalue weighted by Gasteiger charge is -2.33. The monoisotopic (exact) mass is 434 g/mol. The molecule has 0 spiro atoms. The highest BCUT2D eigenvalue weighted by Gasteiger charge is 2.26. The second-order valence-electron chi connectivity index (χ2n) is 8.19. The van der Waals surface area contributed by atoms with Crippen molar-refractivity contribution in [2.24, 2.45) is 17.8 Å². The first-order valence-corrected chi connectivity index (χ1v) is 10.8. The maximum absolute atomic E-state index is 12.1. The third-order valence-electron chi connectivity index (χ3n) is 5.61. The predicted octanol–water partition coefficient (Wildman–Crippen LogP) is 3.88. The zero-order chi connectivity index (χ0) is 19.0. The SMILES string of the molecule is CC(C)C(=O)N1CCC(COc2ccc3c(nnn3CC3CC3)c2Br)CC1. The number of carbonyl (C=O) groups excluding carboxylic acids is 1. The average Bonchev–Trinajstić information content (AvgIpc) is 3.39. The van der Waals surface area contributed by atoms with E-state index in [9.17, 15) is 4.79 Å². The maximum atomic E-state index is 12.1. The van der Waals surface area contributed by atoms with Crippen LogP contribution in [0.5, 0.6) is 5.75 Å². The van der Waals surface area contributed by atoms with Gasteiger partial charge in [0, 0.05) is 25.6 Å². The van der Waals surface area contributed by atoms with Crippen LogP contribution in [0.1, 0.15) is 39.5 Å². The number of likely N-dealkylation sites (tertiary alicyclic amines) is 1. The fraction of sp³-hybridized carbons (Fsp3) is 0.650. The Morgan fingerprint density at radius 1 is 1.22 bits per heavy atom. The molecule has 1 amide bonds. The van der Waals surface area contributed by atoms with Gasteiger partial charge in [0.25, 0.3) is 0 Å². The highest BCUT2D eigenvalue weighted by atomic mass is 79.9.